The molecule has 1 fully saturated rings. The van der Waals surface area contributed by atoms with Gasteiger partial charge in [0.25, 0.3) is 0 Å². The first-order valence-electron chi connectivity index (χ1n) is 5.53. The van der Waals surface area contributed by atoms with Crippen LogP contribution in [-0.4, -0.2) is 11.4 Å². The van der Waals surface area contributed by atoms with Gasteiger partial charge in [-0.1, -0.05) is 13.8 Å². The highest BCUT2D eigenvalue weighted by Gasteiger charge is 2.44. The molecule has 0 aromatic heterocycles. The maximum absolute atomic E-state index is 11.6. The molecule has 1 saturated carbocycles. The van der Waals surface area contributed by atoms with E-state index in [1.165, 1.54) is 0 Å². The fourth-order valence-corrected chi connectivity index (χ4v) is 2.57. The third kappa shape index (κ3) is 1.47. The van der Waals surface area contributed by atoms with Crippen LogP contribution in [0, 0.1) is 11.8 Å². The number of hydrogen-bond donors (Lipinski definition) is 0. The summed E-state index contributed by atoms with van der Waals surface area (Å²) in [7, 11) is 0. The van der Waals surface area contributed by atoms with Gasteiger partial charge in [-0.15, -0.1) is 0 Å². The molecule has 0 radical (unpaired) electrons. The first-order chi connectivity index (χ1) is 6.64. The van der Waals surface area contributed by atoms with E-state index in [2.05, 4.69) is 13.8 Å². The Labute approximate surface area is 85.3 Å². The van der Waals surface area contributed by atoms with Gasteiger partial charge in [0.15, 0.2) is 5.60 Å². The van der Waals surface area contributed by atoms with Crippen LogP contribution in [0.5, 0.6) is 0 Å². The summed E-state index contributed by atoms with van der Waals surface area (Å²) in [5.74, 6) is 1.69. The minimum absolute atomic E-state index is 0.180. The van der Waals surface area contributed by atoms with Gasteiger partial charge in [-0.25, -0.2) is 0 Å². The molecule has 1 heterocycles. The van der Waals surface area contributed by atoms with Gasteiger partial charge in [0, 0.05) is 6.08 Å². The van der Waals surface area contributed by atoms with Crippen LogP contribution in [0.3, 0.4) is 0 Å². The summed E-state index contributed by atoms with van der Waals surface area (Å²) >= 11 is 0. The van der Waals surface area contributed by atoms with Crippen molar-refractivity contribution in [3.05, 3.63) is 12.3 Å². The van der Waals surface area contributed by atoms with E-state index in [0.717, 1.165) is 37.5 Å². The molecule has 78 valence electrons. The van der Waals surface area contributed by atoms with E-state index in [1.54, 1.807) is 12.3 Å². The lowest BCUT2D eigenvalue weighted by Gasteiger charge is -2.36. The van der Waals surface area contributed by atoms with Gasteiger partial charge in [0.05, 0.1) is 6.26 Å². The topological polar surface area (TPSA) is 26.3 Å². The molecule has 2 nitrogen and oxygen atoms in total. The Balaban J connectivity index is 1.99. The quantitative estimate of drug-likeness (QED) is 0.641. The monoisotopic (exact) mass is 194 g/mol. The van der Waals surface area contributed by atoms with Crippen molar-refractivity contribution in [3.63, 3.8) is 0 Å². The Morgan fingerprint density at radius 3 is 2.50 bits per heavy atom. The van der Waals surface area contributed by atoms with Gasteiger partial charge in [0.2, 0.25) is 5.78 Å². The SMILES string of the molecule is CC(C)C1CCC2(CC1)OC=CC2=O. The second-order valence-corrected chi connectivity index (χ2v) is 4.86. The van der Waals surface area contributed by atoms with Gasteiger partial charge >= 0.3 is 0 Å². The van der Waals surface area contributed by atoms with Crippen molar-refractivity contribution in [1.29, 1.82) is 0 Å². The summed E-state index contributed by atoms with van der Waals surface area (Å²) in [5.41, 5.74) is -0.453. The van der Waals surface area contributed by atoms with Crippen LogP contribution in [0.4, 0.5) is 0 Å². The average molecular weight is 194 g/mol. The Morgan fingerprint density at radius 2 is 2.07 bits per heavy atom. The number of ketones is 1. The van der Waals surface area contributed by atoms with Crippen LogP contribution < -0.4 is 0 Å². The summed E-state index contributed by atoms with van der Waals surface area (Å²) in [5, 5.41) is 0. The fraction of sp³-hybridized carbons (Fsp3) is 0.750. The molecule has 0 bridgehead atoms. The van der Waals surface area contributed by atoms with Crippen LogP contribution in [0.1, 0.15) is 39.5 Å². The molecular weight excluding hydrogens is 176 g/mol. The molecule has 2 rings (SSSR count). The Morgan fingerprint density at radius 1 is 1.43 bits per heavy atom. The standard InChI is InChI=1S/C12H18O2/c1-9(2)10-3-6-12(7-4-10)11(13)5-8-14-12/h5,8-10H,3-4,6-7H2,1-2H3. The van der Waals surface area contributed by atoms with E-state index in [0.29, 0.717) is 0 Å². The van der Waals surface area contributed by atoms with Crippen molar-refractivity contribution in [3.8, 4) is 0 Å². The lowest BCUT2D eigenvalue weighted by atomic mass is 9.73. The number of ether oxygens (including phenoxy) is 1. The molecule has 14 heavy (non-hydrogen) atoms. The molecule has 1 aliphatic carbocycles. The van der Waals surface area contributed by atoms with Gasteiger partial charge in [-0.3, -0.25) is 4.79 Å². The van der Waals surface area contributed by atoms with Crippen molar-refractivity contribution < 1.29 is 9.53 Å². The van der Waals surface area contributed by atoms with E-state index in [9.17, 15) is 4.79 Å². The maximum Gasteiger partial charge on any atom is 0.202 e. The van der Waals surface area contributed by atoms with Gasteiger partial charge in [-0.05, 0) is 37.5 Å². The molecule has 0 aromatic carbocycles. The van der Waals surface area contributed by atoms with E-state index in [1.807, 2.05) is 0 Å². The van der Waals surface area contributed by atoms with Gasteiger partial charge in [-0.2, -0.15) is 0 Å². The smallest absolute Gasteiger partial charge is 0.202 e. The van der Waals surface area contributed by atoms with E-state index in [4.69, 9.17) is 4.74 Å². The molecule has 0 N–H and O–H groups in total. The molecule has 0 unspecified atom stereocenters. The minimum Gasteiger partial charge on any atom is -0.487 e. The Hall–Kier alpha value is -0.790. The first kappa shape index (κ1) is 9.75. The molecule has 2 aliphatic rings. The average Bonchev–Trinajstić information content (AvgIpc) is 2.49. The molecule has 1 aliphatic heterocycles. The lowest BCUT2D eigenvalue weighted by molar-refractivity contribution is -0.133. The van der Waals surface area contributed by atoms with Gasteiger partial charge in [0.1, 0.15) is 0 Å². The minimum atomic E-state index is -0.453. The zero-order chi connectivity index (χ0) is 10.2. The third-order valence-corrected chi connectivity index (χ3v) is 3.74. The highest BCUT2D eigenvalue weighted by molar-refractivity contribution is 5.98. The summed E-state index contributed by atoms with van der Waals surface area (Å²) in [6, 6.07) is 0. The largest absolute Gasteiger partial charge is 0.487 e. The number of hydrogen-bond acceptors (Lipinski definition) is 2. The predicted octanol–water partition coefficient (Wildman–Crippen LogP) is 2.68. The second-order valence-electron chi connectivity index (χ2n) is 4.86. The highest BCUT2D eigenvalue weighted by atomic mass is 16.5. The Bertz CT molecular complexity index is 257. The molecule has 0 aromatic rings. The number of rotatable bonds is 1. The summed E-state index contributed by atoms with van der Waals surface area (Å²) in [4.78, 5) is 11.6. The van der Waals surface area contributed by atoms with Crippen molar-refractivity contribution in [2.75, 3.05) is 0 Å². The van der Waals surface area contributed by atoms with Crippen molar-refractivity contribution in [2.45, 2.75) is 45.1 Å². The van der Waals surface area contributed by atoms with Crippen molar-refractivity contribution >= 4 is 5.78 Å². The molecule has 0 saturated heterocycles. The normalized spacial score (nSPS) is 36.8. The van der Waals surface area contributed by atoms with E-state index >= 15 is 0 Å². The summed E-state index contributed by atoms with van der Waals surface area (Å²) in [6.07, 6.45) is 7.22. The number of carbonyl (C=O) groups excluding carboxylic acids is 1. The third-order valence-electron chi connectivity index (χ3n) is 3.74. The molecule has 0 amide bonds. The molecular formula is C12H18O2. The van der Waals surface area contributed by atoms with Crippen LogP contribution in [0.15, 0.2) is 12.3 Å². The van der Waals surface area contributed by atoms with Crippen LogP contribution in [0.2, 0.25) is 0 Å². The molecule has 0 atom stereocenters. The lowest BCUT2D eigenvalue weighted by Crippen LogP contribution is -2.40. The zero-order valence-electron chi connectivity index (χ0n) is 8.95. The Kier molecular flexibility index (Phi) is 2.38. The fourth-order valence-electron chi connectivity index (χ4n) is 2.57. The van der Waals surface area contributed by atoms with Crippen LogP contribution >= 0.6 is 0 Å². The van der Waals surface area contributed by atoms with Crippen molar-refractivity contribution in [1.82, 2.24) is 0 Å². The van der Waals surface area contributed by atoms with Crippen molar-refractivity contribution in [2.24, 2.45) is 11.8 Å². The van der Waals surface area contributed by atoms with E-state index in [-0.39, 0.29) is 5.78 Å². The number of carbonyl (C=O) groups is 1. The van der Waals surface area contributed by atoms with Gasteiger partial charge < -0.3 is 4.74 Å². The molecule has 2 heteroatoms. The second kappa shape index (κ2) is 3.41. The highest BCUT2D eigenvalue weighted by Crippen LogP contribution is 2.40. The first-order valence-corrected chi connectivity index (χ1v) is 5.53. The predicted molar refractivity (Wildman–Crippen MR) is 54.8 cm³/mol. The maximum atomic E-state index is 11.6. The van der Waals surface area contributed by atoms with E-state index < -0.39 is 5.60 Å². The zero-order valence-corrected chi connectivity index (χ0v) is 8.95. The van der Waals surface area contributed by atoms with Crippen LogP contribution in [-0.2, 0) is 9.53 Å². The summed E-state index contributed by atoms with van der Waals surface area (Å²) in [6.45, 7) is 4.52. The molecule has 1 spiro atoms. The summed E-state index contributed by atoms with van der Waals surface area (Å²) < 4.78 is 5.49. The van der Waals surface area contributed by atoms with Crippen LogP contribution in [0.25, 0.3) is 0 Å².